The first-order valence-corrected chi connectivity index (χ1v) is 4.26. The highest BCUT2D eigenvalue weighted by Crippen LogP contribution is 2.22. The molecule has 13 heavy (non-hydrogen) atoms. The molecule has 2 rings (SSSR count). The summed E-state index contributed by atoms with van der Waals surface area (Å²) in [7, 11) is 0. The summed E-state index contributed by atoms with van der Waals surface area (Å²) < 4.78 is 0. The average molecular weight is 171 g/mol. The number of hydrogen-bond acceptors (Lipinski definition) is 0. The van der Waals surface area contributed by atoms with E-state index >= 15 is 0 Å². The third kappa shape index (κ3) is 1.43. The summed E-state index contributed by atoms with van der Waals surface area (Å²) in [5.74, 6) is 0. The summed E-state index contributed by atoms with van der Waals surface area (Å²) in [5.41, 5.74) is 2.14. The van der Waals surface area contributed by atoms with Crippen molar-refractivity contribution in [1.29, 1.82) is 0 Å². The van der Waals surface area contributed by atoms with Gasteiger partial charge in [0.2, 0.25) is 0 Å². The molecule has 0 amide bonds. The Labute approximate surface area is 77.3 Å². The van der Waals surface area contributed by atoms with Gasteiger partial charge in [-0.1, -0.05) is 24.3 Å². The highest BCUT2D eigenvalue weighted by Gasteiger charge is 2.00. The van der Waals surface area contributed by atoms with Crippen LogP contribution in [0.4, 0.5) is 5.69 Å². The second-order valence-corrected chi connectivity index (χ2v) is 2.85. The molecule has 0 bridgehead atoms. The molecule has 1 aromatic heterocycles. The number of aromatic nitrogens is 1. The van der Waals surface area contributed by atoms with Crippen LogP contribution in [0.25, 0.3) is 10.9 Å². The molecule has 0 saturated carbocycles. The Balaban J connectivity index is 2.40. The van der Waals surface area contributed by atoms with Crippen molar-refractivity contribution in [2.45, 2.75) is 0 Å². The number of nitrogens with zero attached hydrogens (tertiary/aromatic N) is 1. The normalized spacial score (nSPS) is 10.2. The summed E-state index contributed by atoms with van der Waals surface area (Å²) >= 11 is 0. The molecular weight excluding hydrogens is 160 g/mol. The number of para-hydroxylation sites is 1. The number of nitrogens with one attached hydrogen (secondary N) is 1. The lowest BCUT2D eigenvalue weighted by Gasteiger charge is -1.95. The number of hydrogen-bond donors (Lipinski definition) is 1. The van der Waals surface area contributed by atoms with Gasteiger partial charge < -0.3 is 4.98 Å². The van der Waals surface area contributed by atoms with Gasteiger partial charge in [0.05, 0.1) is 12.2 Å². The van der Waals surface area contributed by atoms with E-state index in [2.05, 4.69) is 22.9 Å². The Morgan fingerprint density at radius 2 is 2.23 bits per heavy atom. The van der Waals surface area contributed by atoms with Crippen molar-refractivity contribution in [3.05, 3.63) is 43.1 Å². The highest BCUT2D eigenvalue weighted by atomic mass is 14.9. The van der Waals surface area contributed by atoms with Crippen LogP contribution in [0.1, 0.15) is 0 Å². The second kappa shape index (κ2) is 3.35. The molecule has 65 valence electrons. The molecule has 0 saturated heterocycles. The maximum Gasteiger partial charge on any atom is 0.0831 e. The van der Waals surface area contributed by atoms with E-state index in [1.165, 1.54) is 5.39 Å². The first-order valence-electron chi connectivity index (χ1n) is 4.26. The molecule has 2 nitrogen and oxygen atoms in total. The lowest BCUT2D eigenvalue weighted by atomic mass is 10.2. The lowest BCUT2D eigenvalue weighted by molar-refractivity contribution is 0.986. The van der Waals surface area contributed by atoms with Gasteiger partial charge in [0.15, 0.2) is 0 Å². The van der Waals surface area contributed by atoms with E-state index in [-0.39, 0.29) is 0 Å². The molecular formula is C11H11N2. The number of rotatable bonds is 3. The van der Waals surface area contributed by atoms with Gasteiger partial charge in [-0.15, -0.1) is 6.58 Å². The monoisotopic (exact) mass is 171 g/mol. The van der Waals surface area contributed by atoms with Gasteiger partial charge in [-0.3, -0.25) is 5.32 Å². The predicted molar refractivity (Wildman–Crippen MR) is 55.2 cm³/mol. The number of fused-ring (bicyclic) bond motifs is 1. The van der Waals surface area contributed by atoms with Crippen molar-refractivity contribution in [1.82, 2.24) is 10.3 Å². The Kier molecular flexibility index (Phi) is 2.04. The summed E-state index contributed by atoms with van der Waals surface area (Å²) in [5, 5.41) is 5.53. The van der Waals surface area contributed by atoms with Crippen molar-refractivity contribution in [2.24, 2.45) is 0 Å². The van der Waals surface area contributed by atoms with Crippen molar-refractivity contribution < 1.29 is 0 Å². The van der Waals surface area contributed by atoms with E-state index in [4.69, 9.17) is 0 Å². The molecule has 0 fully saturated rings. The molecule has 1 heterocycles. The van der Waals surface area contributed by atoms with E-state index in [0.717, 1.165) is 11.2 Å². The molecule has 0 aliphatic carbocycles. The van der Waals surface area contributed by atoms with Crippen molar-refractivity contribution in [3.63, 3.8) is 0 Å². The van der Waals surface area contributed by atoms with Crippen molar-refractivity contribution >= 4 is 16.6 Å². The fraction of sp³-hybridized carbons (Fsp3) is 0.0909. The van der Waals surface area contributed by atoms with Crippen LogP contribution in [-0.2, 0) is 0 Å². The maximum absolute atomic E-state index is 4.36. The molecule has 0 atom stereocenters. The number of aromatic amines is 1. The van der Waals surface area contributed by atoms with Crippen LogP contribution in [0.15, 0.2) is 43.1 Å². The molecule has 0 aliphatic heterocycles. The first kappa shape index (κ1) is 7.92. The van der Waals surface area contributed by atoms with Crippen LogP contribution in [0.5, 0.6) is 0 Å². The van der Waals surface area contributed by atoms with E-state index < -0.39 is 0 Å². The first-order chi connectivity index (χ1) is 6.42. The van der Waals surface area contributed by atoms with E-state index in [9.17, 15) is 0 Å². The van der Waals surface area contributed by atoms with Gasteiger partial charge >= 0.3 is 0 Å². The summed E-state index contributed by atoms with van der Waals surface area (Å²) in [4.78, 5) is 3.17. The zero-order valence-corrected chi connectivity index (χ0v) is 7.33. The highest BCUT2D eigenvalue weighted by molar-refractivity contribution is 5.90. The van der Waals surface area contributed by atoms with E-state index in [1.54, 1.807) is 6.08 Å². The fourth-order valence-corrected chi connectivity index (χ4v) is 1.35. The Hall–Kier alpha value is -1.70. The standard InChI is InChI=1S/C11H11N2/c1-2-7-12-11-8-13-10-6-4-3-5-9(10)11/h2-6,8,13H,1,7H2. The molecule has 0 aliphatic rings. The number of benzene rings is 1. The minimum Gasteiger partial charge on any atom is -0.359 e. The van der Waals surface area contributed by atoms with Crippen LogP contribution >= 0.6 is 0 Å². The molecule has 0 spiro atoms. The minimum atomic E-state index is 0.668. The Morgan fingerprint density at radius 1 is 1.38 bits per heavy atom. The molecule has 0 unspecified atom stereocenters. The van der Waals surface area contributed by atoms with Gasteiger partial charge in [0, 0.05) is 17.1 Å². The van der Waals surface area contributed by atoms with Crippen LogP contribution < -0.4 is 5.32 Å². The maximum atomic E-state index is 4.36. The van der Waals surface area contributed by atoms with Crippen LogP contribution in [0, 0.1) is 0 Å². The topological polar surface area (TPSA) is 29.9 Å². The van der Waals surface area contributed by atoms with Crippen LogP contribution in [-0.4, -0.2) is 11.5 Å². The molecule has 2 heteroatoms. The summed E-state index contributed by atoms with van der Waals surface area (Å²) in [6.45, 7) is 4.30. The zero-order valence-electron chi connectivity index (χ0n) is 7.33. The smallest absolute Gasteiger partial charge is 0.0831 e. The Bertz CT molecular complexity index is 415. The van der Waals surface area contributed by atoms with Gasteiger partial charge in [0.25, 0.3) is 0 Å². The van der Waals surface area contributed by atoms with Gasteiger partial charge in [-0.25, -0.2) is 0 Å². The quantitative estimate of drug-likeness (QED) is 0.688. The van der Waals surface area contributed by atoms with Crippen LogP contribution in [0.3, 0.4) is 0 Å². The number of H-pyrrole nitrogens is 1. The third-order valence-electron chi connectivity index (χ3n) is 1.96. The molecule has 2 aromatic rings. The molecule has 1 aromatic carbocycles. The molecule has 1 N–H and O–H groups in total. The van der Waals surface area contributed by atoms with Gasteiger partial charge in [-0.05, 0) is 6.07 Å². The summed E-state index contributed by atoms with van der Waals surface area (Å²) in [6.07, 6.45) is 3.72. The summed E-state index contributed by atoms with van der Waals surface area (Å²) in [6, 6.07) is 8.13. The zero-order chi connectivity index (χ0) is 9.10. The van der Waals surface area contributed by atoms with Crippen molar-refractivity contribution in [3.8, 4) is 0 Å². The average Bonchev–Trinajstić information content (AvgIpc) is 2.58. The van der Waals surface area contributed by atoms with Crippen LogP contribution in [0.2, 0.25) is 0 Å². The van der Waals surface area contributed by atoms with Gasteiger partial charge in [-0.2, -0.15) is 0 Å². The largest absolute Gasteiger partial charge is 0.359 e. The van der Waals surface area contributed by atoms with Gasteiger partial charge in [0.1, 0.15) is 0 Å². The lowest BCUT2D eigenvalue weighted by Crippen LogP contribution is -1.94. The van der Waals surface area contributed by atoms with E-state index in [1.807, 2.05) is 24.4 Å². The van der Waals surface area contributed by atoms with E-state index in [0.29, 0.717) is 6.54 Å². The fourth-order valence-electron chi connectivity index (χ4n) is 1.35. The predicted octanol–water partition coefficient (Wildman–Crippen LogP) is 2.59. The minimum absolute atomic E-state index is 0.668. The third-order valence-corrected chi connectivity index (χ3v) is 1.96. The SMILES string of the molecule is C=CC[N]c1c[nH]c2ccccc12. The second-order valence-electron chi connectivity index (χ2n) is 2.85. The van der Waals surface area contributed by atoms with Crippen molar-refractivity contribution in [2.75, 3.05) is 6.54 Å². The molecule has 1 radical (unpaired) electrons. The Morgan fingerprint density at radius 3 is 3.08 bits per heavy atom.